The van der Waals surface area contributed by atoms with Crippen LogP contribution in [0.2, 0.25) is 0 Å². The minimum atomic E-state index is -0.191. The Bertz CT molecular complexity index is 154. The zero-order valence-corrected chi connectivity index (χ0v) is 11.1. The average Bonchev–Trinajstić information content (AvgIpc) is 2.29. The molecule has 0 saturated heterocycles. The Hall–Kier alpha value is -0.160. The minimum absolute atomic E-state index is 0.137. The summed E-state index contributed by atoms with van der Waals surface area (Å²) >= 11 is 0. The average molecular weight is 233 g/mol. The van der Waals surface area contributed by atoms with Gasteiger partial charge in [-0.05, 0) is 27.2 Å². The van der Waals surface area contributed by atoms with Crippen molar-refractivity contribution in [3.8, 4) is 0 Å². The van der Waals surface area contributed by atoms with Gasteiger partial charge in [0.1, 0.15) is 0 Å². The molecule has 2 N–H and O–H groups in total. The fourth-order valence-electron chi connectivity index (χ4n) is 1.37. The summed E-state index contributed by atoms with van der Waals surface area (Å²) in [7, 11) is 0. The Morgan fingerprint density at radius 1 is 1.19 bits per heavy atom. The molecule has 0 bridgehead atoms. The number of nitrogens with one attached hydrogen (secondary N) is 1. The Morgan fingerprint density at radius 2 is 1.75 bits per heavy atom. The molecule has 1 unspecified atom stereocenters. The van der Waals surface area contributed by atoms with Gasteiger partial charge in [0, 0.05) is 31.7 Å². The van der Waals surface area contributed by atoms with E-state index in [-0.39, 0.29) is 18.4 Å². The van der Waals surface area contributed by atoms with Crippen molar-refractivity contribution in [2.24, 2.45) is 0 Å². The summed E-state index contributed by atoms with van der Waals surface area (Å²) in [6.45, 7) is 10.3. The molecule has 16 heavy (non-hydrogen) atoms. The van der Waals surface area contributed by atoms with Gasteiger partial charge in [-0.3, -0.25) is 0 Å². The molecule has 0 aliphatic heterocycles. The van der Waals surface area contributed by atoms with E-state index in [1.165, 1.54) is 0 Å². The third kappa shape index (κ3) is 6.43. The number of ether oxygens (including phenoxy) is 2. The van der Waals surface area contributed by atoms with Crippen molar-refractivity contribution in [2.45, 2.75) is 52.4 Å². The molecule has 0 aliphatic carbocycles. The van der Waals surface area contributed by atoms with Crippen LogP contribution in [0.25, 0.3) is 0 Å². The van der Waals surface area contributed by atoms with Crippen molar-refractivity contribution in [3.63, 3.8) is 0 Å². The summed E-state index contributed by atoms with van der Waals surface area (Å²) in [5, 5.41) is 12.6. The lowest BCUT2D eigenvalue weighted by Gasteiger charge is -2.28. The monoisotopic (exact) mass is 233 g/mol. The summed E-state index contributed by atoms with van der Waals surface area (Å²) in [6.07, 6.45) is 1.57. The standard InChI is InChI=1S/C12H27NO3/c1-5-12(4,10-14)13-9-8-11(15-6-2)16-7-3/h11,13-14H,5-10H2,1-4H3. The van der Waals surface area contributed by atoms with E-state index in [9.17, 15) is 5.11 Å². The van der Waals surface area contributed by atoms with Gasteiger partial charge >= 0.3 is 0 Å². The van der Waals surface area contributed by atoms with Gasteiger partial charge in [-0.15, -0.1) is 0 Å². The molecule has 0 amide bonds. The minimum Gasteiger partial charge on any atom is -0.394 e. The molecule has 0 spiro atoms. The van der Waals surface area contributed by atoms with Crippen LogP contribution in [-0.2, 0) is 9.47 Å². The molecule has 98 valence electrons. The summed E-state index contributed by atoms with van der Waals surface area (Å²) in [6, 6.07) is 0. The van der Waals surface area contributed by atoms with Gasteiger partial charge in [-0.1, -0.05) is 6.92 Å². The maximum absolute atomic E-state index is 9.23. The number of aliphatic hydroxyl groups is 1. The molecule has 0 aromatic heterocycles. The molecule has 0 rings (SSSR count). The third-order valence-corrected chi connectivity index (χ3v) is 2.77. The lowest BCUT2D eigenvalue weighted by Crippen LogP contribution is -2.46. The fraction of sp³-hybridized carbons (Fsp3) is 1.00. The van der Waals surface area contributed by atoms with Crippen LogP contribution in [0.1, 0.15) is 40.5 Å². The highest BCUT2D eigenvalue weighted by Gasteiger charge is 2.20. The van der Waals surface area contributed by atoms with Crippen LogP contribution in [0.4, 0.5) is 0 Å². The van der Waals surface area contributed by atoms with Crippen LogP contribution in [-0.4, -0.2) is 43.3 Å². The Morgan fingerprint density at radius 3 is 2.12 bits per heavy atom. The largest absolute Gasteiger partial charge is 0.394 e. The van der Waals surface area contributed by atoms with E-state index in [1.807, 2.05) is 20.8 Å². The van der Waals surface area contributed by atoms with Crippen molar-refractivity contribution in [3.05, 3.63) is 0 Å². The first-order chi connectivity index (χ1) is 7.61. The molecule has 0 radical (unpaired) electrons. The molecular weight excluding hydrogens is 206 g/mol. The van der Waals surface area contributed by atoms with E-state index in [0.717, 1.165) is 19.4 Å². The molecule has 4 nitrogen and oxygen atoms in total. The van der Waals surface area contributed by atoms with Crippen molar-refractivity contribution < 1.29 is 14.6 Å². The Labute approximate surface area is 99.3 Å². The Kier molecular flexibility index (Phi) is 8.84. The van der Waals surface area contributed by atoms with Crippen molar-refractivity contribution in [1.82, 2.24) is 5.32 Å². The van der Waals surface area contributed by atoms with Gasteiger partial charge in [-0.2, -0.15) is 0 Å². The van der Waals surface area contributed by atoms with Crippen LogP contribution in [0.5, 0.6) is 0 Å². The number of hydrogen-bond acceptors (Lipinski definition) is 4. The molecule has 0 heterocycles. The van der Waals surface area contributed by atoms with Crippen LogP contribution in [0.15, 0.2) is 0 Å². The van der Waals surface area contributed by atoms with E-state index < -0.39 is 0 Å². The number of aliphatic hydroxyl groups excluding tert-OH is 1. The molecule has 0 aromatic carbocycles. The molecular formula is C12H27NO3. The summed E-state index contributed by atoms with van der Waals surface area (Å²) < 4.78 is 10.9. The van der Waals surface area contributed by atoms with E-state index in [2.05, 4.69) is 12.2 Å². The van der Waals surface area contributed by atoms with E-state index in [1.54, 1.807) is 0 Å². The first kappa shape index (κ1) is 15.8. The first-order valence-electron chi connectivity index (χ1n) is 6.21. The van der Waals surface area contributed by atoms with Gasteiger partial charge in [-0.25, -0.2) is 0 Å². The van der Waals surface area contributed by atoms with Crippen molar-refractivity contribution >= 4 is 0 Å². The molecule has 4 heteroatoms. The molecule has 0 saturated carbocycles. The molecule has 0 aromatic rings. The van der Waals surface area contributed by atoms with Crippen LogP contribution < -0.4 is 5.32 Å². The molecule has 0 aliphatic rings. The molecule has 0 fully saturated rings. The predicted octanol–water partition coefficient (Wildman–Crippen LogP) is 1.53. The zero-order chi connectivity index (χ0) is 12.4. The van der Waals surface area contributed by atoms with E-state index >= 15 is 0 Å². The Balaban J connectivity index is 3.83. The van der Waals surface area contributed by atoms with Crippen LogP contribution in [0, 0.1) is 0 Å². The van der Waals surface area contributed by atoms with Crippen LogP contribution >= 0.6 is 0 Å². The predicted molar refractivity (Wildman–Crippen MR) is 65.4 cm³/mol. The second-order valence-electron chi connectivity index (χ2n) is 4.13. The quantitative estimate of drug-likeness (QED) is 0.562. The highest BCUT2D eigenvalue weighted by molar-refractivity contribution is 4.80. The number of hydrogen-bond donors (Lipinski definition) is 2. The van der Waals surface area contributed by atoms with Gasteiger partial charge in [0.05, 0.1) is 6.61 Å². The van der Waals surface area contributed by atoms with Gasteiger partial charge in [0.25, 0.3) is 0 Å². The lowest BCUT2D eigenvalue weighted by atomic mass is 10.0. The van der Waals surface area contributed by atoms with Gasteiger partial charge < -0.3 is 19.9 Å². The fourth-order valence-corrected chi connectivity index (χ4v) is 1.37. The summed E-state index contributed by atoms with van der Waals surface area (Å²) in [4.78, 5) is 0. The maximum Gasteiger partial charge on any atom is 0.158 e. The normalized spacial score (nSPS) is 15.4. The van der Waals surface area contributed by atoms with Crippen LogP contribution in [0.3, 0.4) is 0 Å². The highest BCUT2D eigenvalue weighted by atomic mass is 16.7. The lowest BCUT2D eigenvalue weighted by molar-refractivity contribution is -0.139. The van der Waals surface area contributed by atoms with Gasteiger partial charge in [0.2, 0.25) is 0 Å². The number of rotatable bonds is 10. The maximum atomic E-state index is 9.23. The van der Waals surface area contributed by atoms with E-state index in [0.29, 0.717) is 13.2 Å². The second kappa shape index (κ2) is 8.93. The van der Waals surface area contributed by atoms with Gasteiger partial charge in [0.15, 0.2) is 6.29 Å². The summed E-state index contributed by atoms with van der Waals surface area (Å²) in [5.74, 6) is 0. The highest BCUT2D eigenvalue weighted by Crippen LogP contribution is 2.08. The van der Waals surface area contributed by atoms with Crippen molar-refractivity contribution in [1.29, 1.82) is 0 Å². The smallest absolute Gasteiger partial charge is 0.158 e. The zero-order valence-electron chi connectivity index (χ0n) is 11.1. The topological polar surface area (TPSA) is 50.7 Å². The SMILES string of the molecule is CCOC(CCNC(C)(CC)CO)OCC. The van der Waals surface area contributed by atoms with Crippen molar-refractivity contribution in [2.75, 3.05) is 26.4 Å². The molecule has 1 atom stereocenters. The first-order valence-corrected chi connectivity index (χ1v) is 6.21. The summed E-state index contributed by atoms with van der Waals surface area (Å²) in [5.41, 5.74) is -0.191. The van der Waals surface area contributed by atoms with E-state index in [4.69, 9.17) is 9.47 Å². The second-order valence-corrected chi connectivity index (χ2v) is 4.13. The third-order valence-electron chi connectivity index (χ3n) is 2.77.